The molecule has 0 spiro atoms. The van der Waals surface area contributed by atoms with Crippen molar-refractivity contribution in [3.63, 3.8) is 0 Å². The fourth-order valence-electron chi connectivity index (χ4n) is 0.953. The van der Waals surface area contributed by atoms with Crippen LogP contribution in [0.1, 0.15) is 25.7 Å². The minimum atomic E-state index is -4.14. The second-order valence-electron chi connectivity index (χ2n) is 3.19. The smallest absolute Gasteiger partial charge is 0.171 e. The largest absolute Gasteiger partial charge is 0.389 e. The molecule has 7 heteroatoms. The zero-order valence-electron chi connectivity index (χ0n) is 8.01. The van der Waals surface area contributed by atoms with Gasteiger partial charge < -0.3 is 0 Å². The van der Waals surface area contributed by atoms with Crippen LogP contribution in [0.3, 0.4) is 0 Å². The molecule has 0 atom stereocenters. The Morgan fingerprint density at radius 2 is 1.00 bits per heavy atom. The highest BCUT2D eigenvalue weighted by atomic mass is 28.2. The monoisotopic (exact) mass is 250 g/mol. The topological polar surface area (TPSA) is 0 Å². The predicted octanol–water partition coefficient (Wildman–Crippen LogP) is 4.21. The van der Waals surface area contributed by atoms with Crippen LogP contribution in [0.25, 0.3) is 0 Å². The molecule has 0 bridgehead atoms. The highest BCUT2D eigenvalue weighted by Gasteiger charge is 2.26. The van der Waals surface area contributed by atoms with Crippen LogP contribution in [0.5, 0.6) is 0 Å². The van der Waals surface area contributed by atoms with Gasteiger partial charge in [0.2, 0.25) is 0 Å². The van der Waals surface area contributed by atoms with Crippen LogP contribution in [0, 0.1) is 0 Å². The van der Waals surface area contributed by atoms with Crippen LogP contribution < -0.4 is 0 Å². The molecule has 0 amide bonds. The number of hydrogen-bond donors (Lipinski definition) is 0. The molecule has 0 aliphatic rings. The molecule has 0 heterocycles. The third kappa shape index (κ3) is 13.8. The molecule has 15 heavy (non-hydrogen) atoms. The Balaban J connectivity index is 3.20. The van der Waals surface area contributed by atoms with Crippen molar-refractivity contribution in [1.82, 2.24) is 0 Å². The van der Waals surface area contributed by atoms with E-state index in [0.717, 1.165) is 0 Å². The molecule has 0 fully saturated rings. The van der Waals surface area contributed by atoms with E-state index in [-0.39, 0.29) is 22.4 Å². The highest BCUT2D eigenvalue weighted by molar-refractivity contribution is 6.35. The molecule has 0 aromatic carbocycles. The third-order valence-electron chi connectivity index (χ3n) is 1.63. The van der Waals surface area contributed by atoms with Gasteiger partial charge in [0.15, 0.2) is 0 Å². The van der Waals surface area contributed by atoms with Crippen molar-refractivity contribution in [3.8, 4) is 0 Å². The summed E-state index contributed by atoms with van der Waals surface area (Å²) >= 11 is 0. The van der Waals surface area contributed by atoms with Gasteiger partial charge in [-0.25, -0.2) is 0 Å². The first-order valence-electron chi connectivity index (χ1n) is 4.55. The number of hydrogen-bond acceptors (Lipinski definition) is 0. The summed E-state index contributed by atoms with van der Waals surface area (Å²) in [6.07, 6.45) is -9.91. The molecule has 0 saturated heterocycles. The molecule has 2 radical (unpaired) electrons. The highest BCUT2D eigenvalue weighted by Crippen LogP contribution is 2.24. The first kappa shape index (κ1) is 14.8. The standard InChI is InChI=1S/C8H12F6Si/c9-7(10,11)3-1-5-15-6-2-4-8(12,13)14/h1-6H2. The maximum Gasteiger partial charge on any atom is 0.389 e. The van der Waals surface area contributed by atoms with E-state index >= 15 is 0 Å². The van der Waals surface area contributed by atoms with Crippen molar-refractivity contribution in [2.45, 2.75) is 50.1 Å². The van der Waals surface area contributed by atoms with Crippen molar-refractivity contribution in [3.05, 3.63) is 0 Å². The lowest BCUT2D eigenvalue weighted by atomic mass is 10.3. The fraction of sp³-hybridized carbons (Fsp3) is 1.00. The van der Waals surface area contributed by atoms with Crippen LogP contribution >= 0.6 is 0 Å². The molecular formula is C8H12F6Si. The first-order valence-corrected chi connectivity index (χ1v) is 5.96. The van der Waals surface area contributed by atoms with E-state index in [1.807, 2.05) is 0 Å². The second-order valence-corrected chi connectivity index (χ2v) is 4.69. The van der Waals surface area contributed by atoms with Crippen LogP contribution in [-0.4, -0.2) is 21.9 Å². The van der Waals surface area contributed by atoms with E-state index in [2.05, 4.69) is 0 Å². The van der Waals surface area contributed by atoms with Crippen LogP contribution in [0.15, 0.2) is 0 Å². The van der Waals surface area contributed by atoms with Gasteiger partial charge in [-0.2, -0.15) is 26.3 Å². The SMILES string of the molecule is FC(F)(F)CCC[Si]CCCC(F)(F)F. The third-order valence-corrected chi connectivity index (χ3v) is 3.04. The lowest BCUT2D eigenvalue weighted by molar-refractivity contribution is -0.135. The van der Waals surface area contributed by atoms with Gasteiger partial charge in [-0.1, -0.05) is 12.1 Å². The number of alkyl halides is 6. The molecule has 0 nitrogen and oxygen atoms in total. The Kier molecular flexibility index (Phi) is 6.31. The Morgan fingerprint density at radius 3 is 1.27 bits per heavy atom. The normalized spacial score (nSPS) is 13.2. The Morgan fingerprint density at radius 1 is 0.667 bits per heavy atom. The molecule has 90 valence electrons. The lowest BCUT2D eigenvalue weighted by Gasteiger charge is -2.06. The Labute approximate surface area is 86.9 Å². The van der Waals surface area contributed by atoms with Crippen molar-refractivity contribution < 1.29 is 26.3 Å². The average molecular weight is 250 g/mol. The zero-order valence-corrected chi connectivity index (χ0v) is 9.01. The molecule has 0 aromatic heterocycles. The Hall–Kier alpha value is -0.203. The van der Waals surface area contributed by atoms with E-state index in [0.29, 0.717) is 12.1 Å². The van der Waals surface area contributed by atoms with Gasteiger partial charge in [0, 0.05) is 22.4 Å². The average Bonchev–Trinajstić information content (AvgIpc) is 1.98. The fourth-order valence-corrected chi connectivity index (χ4v) is 2.06. The maximum atomic E-state index is 11.6. The van der Waals surface area contributed by atoms with E-state index < -0.39 is 25.2 Å². The van der Waals surface area contributed by atoms with Crippen molar-refractivity contribution in [2.75, 3.05) is 0 Å². The van der Waals surface area contributed by atoms with Gasteiger partial charge in [0.1, 0.15) is 0 Å². The van der Waals surface area contributed by atoms with Crippen molar-refractivity contribution in [1.29, 1.82) is 0 Å². The predicted molar refractivity (Wildman–Crippen MR) is 45.9 cm³/mol. The molecule has 0 saturated carbocycles. The summed E-state index contributed by atoms with van der Waals surface area (Å²) in [4.78, 5) is 0. The van der Waals surface area contributed by atoms with Gasteiger partial charge in [-0.3, -0.25) is 0 Å². The summed E-state index contributed by atoms with van der Waals surface area (Å²) in [5, 5.41) is 0. The first-order chi connectivity index (χ1) is 6.71. The minimum absolute atomic E-state index is 0.0218. The van der Waals surface area contributed by atoms with Crippen LogP contribution in [-0.2, 0) is 0 Å². The number of rotatable bonds is 6. The van der Waals surface area contributed by atoms with E-state index in [1.54, 1.807) is 0 Å². The molecule has 0 N–H and O–H groups in total. The van der Waals surface area contributed by atoms with Gasteiger partial charge in [-0.05, 0) is 12.8 Å². The minimum Gasteiger partial charge on any atom is -0.171 e. The molecular weight excluding hydrogens is 238 g/mol. The van der Waals surface area contributed by atoms with E-state index in [4.69, 9.17) is 0 Å². The molecule has 0 unspecified atom stereocenters. The summed E-state index contributed by atoms with van der Waals surface area (Å²) in [6.45, 7) is 0. The van der Waals surface area contributed by atoms with Crippen LogP contribution in [0.4, 0.5) is 26.3 Å². The lowest BCUT2D eigenvalue weighted by Crippen LogP contribution is -2.08. The Bertz CT molecular complexity index is 143. The molecule has 0 aliphatic heterocycles. The van der Waals surface area contributed by atoms with Crippen molar-refractivity contribution >= 4 is 9.52 Å². The summed E-state index contributed by atoms with van der Waals surface area (Å²) in [7, 11) is 0.204. The van der Waals surface area contributed by atoms with Gasteiger partial charge in [-0.15, -0.1) is 0 Å². The summed E-state index contributed by atoms with van der Waals surface area (Å²) < 4.78 is 69.8. The van der Waals surface area contributed by atoms with Gasteiger partial charge >= 0.3 is 12.4 Å². The summed E-state index contributed by atoms with van der Waals surface area (Å²) in [5.41, 5.74) is 0. The molecule has 0 rings (SSSR count). The number of halogens is 6. The van der Waals surface area contributed by atoms with E-state index in [1.165, 1.54) is 0 Å². The zero-order chi connectivity index (χ0) is 11.9. The summed E-state index contributed by atoms with van der Waals surface area (Å²) in [5.74, 6) is 0. The van der Waals surface area contributed by atoms with Gasteiger partial charge in [0.25, 0.3) is 0 Å². The summed E-state index contributed by atoms with van der Waals surface area (Å²) in [6, 6.07) is 0.745. The molecule has 0 aliphatic carbocycles. The second kappa shape index (κ2) is 6.39. The van der Waals surface area contributed by atoms with Crippen LogP contribution in [0.2, 0.25) is 12.1 Å². The van der Waals surface area contributed by atoms with Crippen molar-refractivity contribution in [2.24, 2.45) is 0 Å². The van der Waals surface area contributed by atoms with Gasteiger partial charge in [0.05, 0.1) is 0 Å². The van der Waals surface area contributed by atoms with E-state index in [9.17, 15) is 26.3 Å². The quantitative estimate of drug-likeness (QED) is 0.376. The maximum absolute atomic E-state index is 11.6. The molecule has 0 aromatic rings.